The number of carboxylic acids is 1. The zero-order valence-electron chi connectivity index (χ0n) is 16.8. The molecular weight excluding hydrogens is 396 g/mol. The zero-order valence-corrected chi connectivity index (χ0v) is 16.8. The molecule has 0 radical (unpaired) electrons. The minimum absolute atomic E-state index is 0.138. The normalized spacial score (nSPS) is 21.1. The Labute approximate surface area is 178 Å². The van der Waals surface area contributed by atoms with E-state index in [1.54, 1.807) is 18.2 Å². The van der Waals surface area contributed by atoms with Crippen LogP contribution in [-0.2, 0) is 4.79 Å². The van der Waals surface area contributed by atoms with Crippen LogP contribution in [0.1, 0.15) is 36.3 Å². The summed E-state index contributed by atoms with van der Waals surface area (Å²) in [5.74, 6) is 0.972. The van der Waals surface area contributed by atoms with Gasteiger partial charge in [0, 0.05) is 28.8 Å². The van der Waals surface area contributed by atoms with Crippen molar-refractivity contribution in [3.8, 4) is 34.7 Å². The summed E-state index contributed by atoms with van der Waals surface area (Å²) in [6.45, 7) is 0. The number of ether oxygens (including phenoxy) is 1. The minimum atomic E-state index is -0.749. The number of nitrogens with zero attached hydrogens (tertiary/aromatic N) is 3. The molecule has 1 fully saturated rings. The maximum atomic E-state index is 11.2. The highest BCUT2D eigenvalue weighted by Crippen LogP contribution is 2.49. The van der Waals surface area contributed by atoms with Crippen LogP contribution in [0.4, 0.5) is 5.69 Å². The van der Waals surface area contributed by atoms with Gasteiger partial charge in [-0.05, 0) is 60.7 Å². The lowest BCUT2D eigenvalue weighted by Gasteiger charge is -2.17. The number of carbonyl (C=O) groups is 1. The van der Waals surface area contributed by atoms with E-state index in [0.29, 0.717) is 34.5 Å². The van der Waals surface area contributed by atoms with E-state index in [0.717, 1.165) is 24.1 Å². The van der Waals surface area contributed by atoms with Crippen molar-refractivity contribution < 1.29 is 19.2 Å². The largest absolute Gasteiger partial charge is 0.495 e. The Kier molecular flexibility index (Phi) is 4.59. The first-order valence-corrected chi connectivity index (χ1v) is 10.1. The van der Waals surface area contributed by atoms with Crippen LogP contribution in [-0.4, -0.2) is 34.4 Å². The van der Waals surface area contributed by atoms with E-state index in [1.807, 2.05) is 12.1 Å². The molecule has 3 aromatic rings. The van der Waals surface area contributed by atoms with E-state index in [-0.39, 0.29) is 18.4 Å². The van der Waals surface area contributed by atoms with Crippen LogP contribution in [0.3, 0.4) is 0 Å². The van der Waals surface area contributed by atoms with Gasteiger partial charge in [-0.3, -0.25) is 4.79 Å². The third-order valence-corrected chi connectivity index (χ3v) is 6.25. The number of anilines is 1. The lowest BCUT2D eigenvalue weighted by atomic mass is 9.93. The number of benzene rings is 2. The Morgan fingerprint density at radius 1 is 1.29 bits per heavy atom. The van der Waals surface area contributed by atoms with Gasteiger partial charge in [-0.15, -0.1) is 0 Å². The number of methoxy groups -OCH3 is 1. The molecule has 0 amide bonds. The number of nitrogens with one attached hydrogen (secondary N) is 1. The van der Waals surface area contributed by atoms with Gasteiger partial charge in [0.1, 0.15) is 11.8 Å². The first-order chi connectivity index (χ1) is 15.1. The highest BCUT2D eigenvalue weighted by molar-refractivity contribution is 5.71. The Bertz CT molecular complexity index is 1210. The maximum absolute atomic E-state index is 11.2. The van der Waals surface area contributed by atoms with Crippen molar-refractivity contribution in [2.24, 2.45) is 5.92 Å². The van der Waals surface area contributed by atoms with Crippen molar-refractivity contribution in [1.29, 1.82) is 5.26 Å². The summed E-state index contributed by atoms with van der Waals surface area (Å²) in [6.07, 6.45) is 2.06. The Morgan fingerprint density at radius 3 is 2.90 bits per heavy atom. The number of carboxylic acid groups (broad SMARTS) is 1. The summed E-state index contributed by atoms with van der Waals surface area (Å²) >= 11 is 0. The smallest absolute Gasteiger partial charge is 0.303 e. The predicted octanol–water partition coefficient (Wildman–Crippen LogP) is 4.05. The van der Waals surface area contributed by atoms with Gasteiger partial charge >= 0.3 is 5.97 Å². The molecule has 1 aliphatic heterocycles. The summed E-state index contributed by atoms with van der Waals surface area (Å²) < 4.78 is 10.6. The maximum Gasteiger partial charge on any atom is 0.303 e. The van der Waals surface area contributed by atoms with Crippen molar-refractivity contribution in [3.05, 3.63) is 47.5 Å². The van der Waals surface area contributed by atoms with Gasteiger partial charge in [0.2, 0.25) is 5.82 Å². The standard InChI is InChI=1S/C23H20N4O4/c1-30-19-7-4-14(8-15(19)11-24)23-26-22(27-31-23)13-3-6-18-17(9-13)16-5-2-12(10-20(28)29)21(16)25-18/h3-4,6-9,12,16,21,25H,2,5,10H2,1H3,(H,28,29). The molecule has 3 unspecified atom stereocenters. The van der Waals surface area contributed by atoms with Crippen LogP contribution in [0, 0.1) is 17.2 Å². The number of hydrogen-bond donors (Lipinski definition) is 2. The van der Waals surface area contributed by atoms with Crippen LogP contribution < -0.4 is 10.1 Å². The summed E-state index contributed by atoms with van der Waals surface area (Å²) in [6, 6.07) is 13.4. The quantitative estimate of drug-likeness (QED) is 0.639. The number of aliphatic carboxylic acids is 1. The molecule has 1 aliphatic carbocycles. The number of fused-ring (bicyclic) bond motifs is 3. The van der Waals surface area contributed by atoms with Crippen LogP contribution in [0.2, 0.25) is 0 Å². The minimum Gasteiger partial charge on any atom is -0.495 e. The molecule has 8 nitrogen and oxygen atoms in total. The van der Waals surface area contributed by atoms with Gasteiger partial charge in [-0.1, -0.05) is 5.16 Å². The molecule has 31 heavy (non-hydrogen) atoms. The molecule has 2 aliphatic rings. The fraction of sp³-hybridized carbons (Fsp3) is 0.304. The second-order valence-corrected chi connectivity index (χ2v) is 7.96. The van der Waals surface area contributed by atoms with Crippen molar-refractivity contribution in [3.63, 3.8) is 0 Å². The van der Waals surface area contributed by atoms with Crippen LogP contribution >= 0.6 is 0 Å². The molecule has 0 spiro atoms. The summed E-state index contributed by atoms with van der Waals surface area (Å²) in [4.78, 5) is 15.7. The number of aromatic nitrogens is 2. The highest BCUT2D eigenvalue weighted by atomic mass is 16.5. The molecule has 5 rings (SSSR count). The van der Waals surface area contributed by atoms with Gasteiger partial charge in [-0.25, -0.2) is 0 Å². The van der Waals surface area contributed by atoms with E-state index >= 15 is 0 Å². The Morgan fingerprint density at radius 2 is 2.13 bits per heavy atom. The molecule has 1 aromatic heterocycles. The molecule has 8 heteroatoms. The first-order valence-electron chi connectivity index (χ1n) is 10.1. The lowest BCUT2D eigenvalue weighted by Crippen LogP contribution is -2.25. The SMILES string of the molecule is COc1ccc(-c2nc(-c3ccc4c(c3)C3CCC(CC(=O)O)C3N4)no2)cc1C#N. The van der Waals surface area contributed by atoms with Gasteiger partial charge < -0.3 is 19.7 Å². The van der Waals surface area contributed by atoms with Gasteiger partial charge in [0.15, 0.2) is 0 Å². The van der Waals surface area contributed by atoms with Crippen molar-refractivity contribution in [2.75, 3.05) is 12.4 Å². The average molecular weight is 416 g/mol. The van der Waals surface area contributed by atoms with Crippen molar-refractivity contribution in [1.82, 2.24) is 10.1 Å². The average Bonchev–Trinajstić information content (AvgIpc) is 3.49. The second kappa shape index (κ2) is 7.43. The monoisotopic (exact) mass is 416 g/mol. The van der Waals surface area contributed by atoms with Gasteiger partial charge in [0.25, 0.3) is 5.89 Å². The third kappa shape index (κ3) is 3.28. The number of nitriles is 1. The second-order valence-electron chi connectivity index (χ2n) is 7.96. The number of hydrogen-bond acceptors (Lipinski definition) is 7. The molecule has 2 heterocycles. The van der Waals surface area contributed by atoms with Gasteiger partial charge in [0.05, 0.1) is 19.1 Å². The first kappa shape index (κ1) is 19.1. The van der Waals surface area contributed by atoms with Crippen LogP contribution in [0.5, 0.6) is 5.75 Å². The molecule has 3 atom stereocenters. The Balaban J connectivity index is 1.42. The van der Waals surface area contributed by atoms with Crippen LogP contribution in [0.25, 0.3) is 22.8 Å². The molecule has 1 saturated carbocycles. The predicted molar refractivity (Wildman–Crippen MR) is 112 cm³/mol. The van der Waals surface area contributed by atoms with E-state index < -0.39 is 5.97 Å². The van der Waals surface area contributed by atoms with Gasteiger partial charge in [-0.2, -0.15) is 10.2 Å². The summed E-state index contributed by atoms with van der Waals surface area (Å²) in [5.41, 5.74) is 4.11. The number of rotatable bonds is 5. The summed E-state index contributed by atoms with van der Waals surface area (Å²) in [7, 11) is 1.52. The van der Waals surface area contributed by atoms with Crippen molar-refractivity contribution in [2.45, 2.75) is 31.2 Å². The molecule has 0 saturated heterocycles. The lowest BCUT2D eigenvalue weighted by molar-refractivity contribution is -0.138. The van der Waals surface area contributed by atoms with E-state index in [1.165, 1.54) is 12.7 Å². The third-order valence-electron chi connectivity index (χ3n) is 6.25. The molecule has 2 N–H and O–H groups in total. The fourth-order valence-electron chi connectivity index (χ4n) is 4.81. The van der Waals surface area contributed by atoms with E-state index in [2.05, 4.69) is 27.6 Å². The molecular formula is C23H20N4O4. The molecule has 0 bridgehead atoms. The fourth-order valence-corrected chi connectivity index (χ4v) is 4.81. The summed E-state index contributed by atoms with van der Waals surface area (Å²) in [5, 5.41) is 26.1. The topological polar surface area (TPSA) is 121 Å². The zero-order chi connectivity index (χ0) is 21.5. The molecule has 156 valence electrons. The van der Waals surface area contributed by atoms with Crippen molar-refractivity contribution >= 4 is 11.7 Å². The van der Waals surface area contributed by atoms with Crippen LogP contribution in [0.15, 0.2) is 40.9 Å². The Hall–Kier alpha value is -3.86. The molecule has 2 aromatic carbocycles. The highest BCUT2D eigenvalue weighted by Gasteiger charge is 2.43. The van der Waals surface area contributed by atoms with E-state index in [9.17, 15) is 15.2 Å². The van der Waals surface area contributed by atoms with E-state index in [4.69, 9.17) is 9.26 Å².